The molecule has 2 aromatic carbocycles. The highest BCUT2D eigenvalue weighted by Gasteiger charge is 2.10. The number of allylic oxidation sites excluding steroid dienone is 1. The molecule has 0 bridgehead atoms. The van der Waals surface area contributed by atoms with Crippen LogP contribution in [0.15, 0.2) is 48.5 Å². The third-order valence-corrected chi connectivity index (χ3v) is 3.34. The summed E-state index contributed by atoms with van der Waals surface area (Å²) in [5, 5.41) is 10.8. The first-order valence-corrected chi connectivity index (χ1v) is 7.91. The van der Waals surface area contributed by atoms with Crippen LogP contribution in [0.2, 0.25) is 0 Å². The smallest absolute Gasteiger partial charge is 0.270 e. The van der Waals surface area contributed by atoms with Crippen LogP contribution in [0.3, 0.4) is 0 Å². The largest absolute Gasteiger partial charge is 0.490 e. The molecule has 0 N–H and O–H groups in total. The number of nitro groups is 1. The fourth-order valence-corrected chi connectivity index (χ4v) is 2.21. The van der Waals surface area contributed by atoms with E-state index in [1.165, 1.54) is 18.2 Å². The maximum atomic E-state index is 12.3. The van der Waals surface area contributed by atoms with Gasteiger partial charge in [0, 0.05) is 17.7 Å². The molecule has 0 amide bonds. The van der Waals surface area contributed by atoms with Gasteiger partial charge < -0.3 is 9.47 Å². The summed E-state index contributed by atoms with van der Waals surface area (Å²) in [5.41, 5.74) is 1.02. The molecule has 0 radical (unpaired) electrons. The maximum absolute atomic E-state index is 12.3. The zero-order chi connectivity index (χ0) is 18.2. The van der Waals surface area contributed by atoms with E-state index in [0.29, 0.717) is 35.8 Å². The topological polar surface area (TPSA) is 78.7 Å². The molecule has 0 aliphatic heterocycles. The molecule has 0 fully saturated rings. The second-order valence-corrected chi connectivity index (χ2v) is 5.08. The van der Waals surface area contributed by atoms with Crippen molar-refractivity contribution in [3.05, 3.63) is 69.8 Å². The molecule has 0 spiro atoms. The quantitative estimate of drug-likeness (QED) is 0.310. The molecule has 6 nitrogen and oxygen atoms in total. The van der Waals surface area contributed by atoms with Crippen LogP contribution in [0.5, 0.6) is 11.5 Å². The van der Waals surface area contributed by atoms with Crippen molar-refractivity contribution in [1.29, 1.82) is 0 Å². The highest BCUT2D eigenvalue weighted by atomic mass is 16.6. The van der Waals surface area contributed by atoms with E-state index in [1.54, 1.807) is 36.4 Å². The third kappa shape index (κ3) is 4.91. The van der Waals surface area contributed by atoms with Gasteiger partial charge in [-0.1, -0.05) is 18.2 Å². The van der Waals surface area contributed by atoms with Gasteiger partial charge in [-0.25, -0.2) is 0 Å². The molecule has 0 unspecified atom stereocenters. The second-order valence-electron chi connectivity index (χ2n) is 5.08. The number of carbonyl (C=O) groups excluding carboxylic acids is 1. The van der Waals surface area contributed by atoms with E-state index in [2.05, 4.69) is 0 Å². The molecule has 0 aromatic heterocycles. The fourth-order valence-electron chi connectivity index (χ4n) is 2.21. The number of benzene rings is 2. The van der Waals surface area contributed by atoms with Crippen LogP contribution in [-0.4, -0.2) is 23.9 Å². The maximum Gasteiger partial charge on any atom is 0.270 e. The van der Waals surface area contributed by atoms with Gasteiger partial charge in [-0.3, -0.25) is 14.9 Å². The van der Waals surface area contributed by atoms with Crippen molar-refractivity contribution in [3.63, 3.8) is 0 Å². The molecule has 0 aliphatic carbocycles. The molecule has 2 aromatic rings. The zero-order valence-electron chi connectivity index (χ0n) is 14.1. The number of hydrogen-bond acceptors (Lipinski definition) is 5. The van der Waals surface area contributed by atoms with Crippen LogP contribution in [0, 0.1) is 10.1 Å². The van der Waals surface area contributed by atoms with Crippen LogP contribution in [0.4, 0.5) is 5.69 Å². The van der Waals surface area contributed by atoms with E-state index in [1.807, 2.05) is 13.8 Å². The molecule has 0 heterocycles. The van der Waals surface area contributed by atoms with E-state index in [4.69, 9.17) is 9.47 Å². The highest BCUT2D eigenvalue weighted by Crippen LogP contribution is 2.29. The van der Waals surface area contributed by atoms with Crippen LogP contribution >= 0.6 is 0 Å². The van der Waals surface area contributed by atoms with E-state index in [0.717, 1.165) is 0 Å². The van der Waals surface area contributed by atoms with Gasteiger partial charge in [0.15, 0.2) is 17.3 Å². The number of non-ortho nitro benzene ring substituents is 1. The summed E-state index contributed by atoms with van der Waals surface area (Å²) in [6.07, 6.45) is 2.93. The minimum absolute atomic E-state index is 0.0192. The van der Waals surface area contributed by atoms with Crippen molar-refractivity contribution in [2.75, 3.05) is 13.2 Å². The second kappa shape index (κ2) is 8.63. The molecule has 6 heteroatoms. The van der Waals surface area contributed by atoms with Gasteiger partial charge in [0.1, 0.15) is 0 Å². The first kappa shape index (κ1) is 18.2. The van der Waals surface area contributed by atoms with Crippen molar-refractivity contribution in [3.8, 4) is 11.5 Å². The first-order chi connectivity index (χ1) is 12.0. The average molecular weight is 341 g/mol. The van der Waals surface area contributed by atoms with Gasteiger partial charge in [0.05, 0.1) is 18.1 Å². The number of nitrogens with zero attached hydrogens (tertiary/aromatic N) is 1. The Hall–Kier alpha value is -3.15. The Morgan fingerprint density at radius 3 is 2.48 bits per heavy atom. The summed E-state index contributed by atoms with van der Waals surface area (Å²) in [7, 11) is 0. The summed E-state index contributed by atoms with van der Waals surface area (Å²) in [4.78, 5) is 22.7. The number of nitro benzene ring substituents is 1. The van der Waals surface area contributed by atoms with Crippen molar-refractivity contribution < 1.29 is 19.2 Å². The fraction of sp³-hybridized carbons (Fsp3) is 0.211. The average Bonchev–Trinajstić information content (AvgIpc) is 2.61. The van der Waals surface area contributed by atoms with Gasteiger partial charge in [0.25, 0.3) is 5.69 Å². The van der Waals surface area contributed by atoms with Crippen molar-refractivity contribution >= 4 is 17.5 Å². The Bertz CT molecular complexity index is 798. The minimum atomic E-state index is -0.472. The van der Waals surface area contributed by atoms with E-state index >= 15 is 0 Å². The summed E-state index contributed by atoms with van der Waals surface area (Å²) >= 11 is 0. The summed E-state index contributed by atoms with van der Waals surface area (Å²) in [6.45, 7) is 4.68. The molecule has 0 saturated carbocycles. The summed E-state index contributed by atoms with van der Waals surface area (Å²) < 4.78 is 11.0. The predicted octanol–water partition coefficient (Wildman–Crippen LogP) is 4.29. The monoisotopic (exact) mass is 341 g/mol. The molecule has 130 valence electrons. The van der Waals surface area contributed by atoms with E-state index in [9.17, 15) is 14.9 Å². The van der Waals surface area contributed by atoms with Gasteiger partial charge >= 0.3 is 0 Å². The number of carbonyl (C=O) groups is 1. The zero-order valence-corrected chi connectivity index (χ0v) is 14.1. The predicted molar refractivity (Wildman–Crippen MR) is 95.2 cm³/mol. The van der Waals surface area contributed by atoms with Gasteiger partial charge in [-0.05, 0) is 43.7 Å². The number of ketones is 1. The highest BCUT2D eigenvalue weighted by molar-refractivity contribution is 6.07. The summed E-state index contributed by atoms with van der Waals surface area (Å²) in [6, 6.07) is 11.1. The Morgan fingerprint density at radius 1 is 1.08 bits per heavy atom. The lowest BCUT2D eigenvalue weighted by molar-refractivity contribution is -0.384. The molecular formula is C19H19NO5. The Morgan fingerprint density at radius 2 is 1.80 bits per heavy atom. The number of hydrogen-bond donors (Lipinski definition) is 0. The first-order valence-electron chi connectivity index (χ1n) is 7.91. The third-order valence-electron chi connectivity index (χ3n) is 3.34. The Labute approximate surface area is 145 Å². The van der Waals surface area contributed by atoms with Crippen molar-refractivity contribution in [2.24, 2.45) is 0 Å². The van der Waals surface area contributed by atoms with E-state index in [-0.39, 0.29) is 11.5 Å². The molecule has 2 rings (SSSR count). The number of rotatable bonds is 8. The van der Waals surface area contributed by atoms with Crippen LogP contribution < -0.4 is 9.47 Å². The van der Waals surface area contributed by atoms with Crippen LogP contribution in [-0.2, 0) is 0 Å². The molecule has 0 aliphatic rings. The lowest BCUT2D eigenvalue weighted by Crippen LogP contribution is -2.01. The van der Waals surface area contributed by atoms with Crippen molar-refractivity contribution in [2.45, 2.75) is 13.8 Å². The minimum Gasteiger partial charge on any atom is -0.490 e. The Balaban J connectivity index is 2.21. The lowest BCUT2D eigenvalue weighted by atomic mass is 10.1. The standard InChI is InChI=1S/C19H19NO5/c1-3-24-18-11-9-15(13-19(18)25-4-2)17(21)10-8-14-6-5-7-16(12-14)20(22)23/h5-13H,3-4H2,1-2H3. The van der Waals surface area contributed by atoms with Gasteiger partial charge in [0.2, 0.25) is 0 Å². The number of ether oxygens (including phenoxy) is 2. The van der Waals surface area contributed by atoms with E-state index < -0.39 is 4.92 Å². The lowest BCUT2D eigenvalue weighted by Gasteiger charge is -2.11. The van der Waals surface area contributed by atoms with Gasteiger partial charge in [-0.15, -0.1) is 0 Å². The van der Waals surface area contributed by atoms with Crippen LogP contribution in [0.25, 0.3) is 6.08 Å². The SMILES string of the molecule is CCOc1ccc(C(=O)C=Cc2cccc([N+](=O)[O-])c2)cc1OCC. The van der Waals surface area contributed by atoms with Crippen molar-refractivity contribution in [1.82, 2.24) is 0 Å². The van der Waals surface area contributed by atoms with Crippen LogP contribution in [0.1, 0.15) is 29.8 Å². The molecule has 0 saturated heterocycles. The normalized spacial score (nSPS) is 10.6. The molecular weight excluding hydrogens is 322 g/mol. The summed E-state index contributed by atoms with van der Waals surface area (Å²) in [5.74, 6) is 0.873. The Kier molecular flexibility index (Phi) is 6.28. The van der Waals surface area contributed by atoms with Gasteiger partial charge in [-0.2, -0.15) is 0 Å². The molecule has 0 atom stereocenters. The molecule has 25 heavy (non-hydrogen) atoms.